The Morgan fingerprint density at radius 1 is 1.18 bits per heavy atom. The van der Waals surface area contributed by atoms with Gasteiger partial charge in [0.05, 0.1) is 23.8 Å². The number of carbonyl (C=O) groups is 1. The zero-order valence-electron chi connectivity index (χ0n) is 18.7. The molecule has 7 nitrogen and oxygen atoms in total. The van der Waals surface area contributed by atoms with E-state index in [4.69, 9.17) is 26.1 Å². The molecular weight excluding hydrogens is 440 g/mol. The molecular formula is C25H25ClN4O3. The van der Waals surface area contributed by atoms with E-state index in [9.17, 15) is 4.79 Å². The number of ether oxygens (including phenoxy) is 2. The number of aromatic nitrogens is 3. The smallest absolute Gasteiger partial charge is 0.220 e. The molecule has 0 bridgehead atoms. The molecule has 0 radical (unpaired) electrons. The van der Waals surface area contributed by atoms with Gasteiger partial charge in [0.25, 0.3) is 0 Å². The SMILES string of the molecule is Cc1nc2c3ccccc3nn2c(C)c1CCC(=O)NCc1cc(Cl)c2c(c1)OCCCO2. The van der Waals surface area contributed by atoms with Gasteiger partial charge in [-0.15, -0.1) is 0 Å². The number of hydrogen-bond acceptors (Lipinski definition) is 5. The van der Waals surface area contributed by atoms with Crippen LogP contribution < -0.4 is 14.8 Å². The minimum atomic E-state index is -0.0391. The number of halogens is 1. The number of amides is 1. The Bertz CT molecular complexity index is 1370. The monoisotopic (exact) mass is 464 g/mol. The van der Waals surface area contributed by atoms with E-state index in [1.165, 1.54) is 0 Å². The van der Waals surface area contributed by atoms with Gasteiger partial charge in [-0.05, 0) is 55.7 Å². The van der Waals surface area contributed by atoms with Gasteiger partial charge in [0.15, 0.2) is 17.1 Å². The normalized spacial score (nSPS) is 13.3. The summed E-state index contributed by atoms with van der Waals surface area (Å²) in [4.78, 5) is 17.4. The summed E-state index contributed by atoms with van der Waals surface area (Å²) in [6, 6.07) is 11.7. The Labute approximate surface area is 196 Å². The van der Waals surface area contributed by atoms with Crippen LogP contribution in [-0.2, 0) is 17.8 Å². The molecule has 1 N–H and O–H groups in total. The van der Waals surface area contributed by atoms with Crippen molar-refractivity contribution in [3.05, 3.63) is 63.9 Å². The molecule has 5 rings (SSSR count). The van der Waals surface area contributed by atoms with Crippen LogP contribution in [0.4, 0.5) is 0 Å². The molecule has 0 atom stereocenters. The molecule has 8 heteroatoms. The Balaban J connectivity index is 1.27. The van der Waals surface area contributed by atoms with Gasteiger partial charge >= 0.3 is 0 Å². The van der Waals surface area contributed by atoms with E-state index in [2.05, 4.69) is 10.4 Å². The van der Waals surface area contributed by atoms with Gasteiger partial charge in [-0.25, -0.2) is 9.50 Å². The molecule has 1 aliphatic rings. The molecule has 0 unspecified atom stereocenters. The lowest BCUT2D eigenvalue weighted by atomic mass is 10.1. The lowest BCUT2D eigenvalue weighted by Crippen LogP contribution is -2.23. The number of hydrogen-bond donors (Lipinski definition) is 1. The lowest BCUT2D eigenvalue weighted by Gasteiger charge is -2.13. The van der Waals surface area contributed by atoms with E-state index in [1.807, 2.05) is 54.8 Å². The minimum Gasteiger partial charge on any atom is -0.489 e. The van der Waals surface area contributed by atoms with Crippen molar-refractivity contribution in [3.8, 4) is 11.5 Å². The molecule has 1 amide bonds. The second-order valence-corrected chi connectivity index (χ2v) is 8.65. The number of aryl methyl sites for hydroxylation is 2. The third-order valence-electron chi connectivity index (χ3n) is 5.97. The van der Waals surface area contributed by atoms with Crippen molar-refractivity contribution in [1.82, 2.24) is 19.9 Å². The van der Waals surface area contributed by atoms with Crippen molar-refractivity contribution in [2.75, 3.05) is 13.2 Å². The first kappa shape index (κ1) is 21.5. The standard InChI is InChI=1S/C25H25ClN4O3/c1-15-18(16(2)30-25(28-15)19-6-3-4-7-21(19)29-30)8-9-23(31)27-14-17-12-20(26)24-22(13-17)32-10-5-11-33-24/h3-4,6-7,12-13H,5,8-11,14H2,1-2H3,(H,27,31). The van der Waals surface area contributed by atoms with Crippen LogP contribution in [0.5, 0.6) is 11.5 Å². The summed E-state index contributed by atoms with van der Waals surface area (Å²) in [6.45, 7) is 5.55. The number of carbonyl (C=O) groups excluding carboxylic acids is 1. The van der Waals surface area contributed by atoms with Crippen LogP contribution in [-0.4, -0.2) is 33.7 Å². The first-order valence-corrected chi connectivity index (χ1v) is 11.5. The van der Waals surface area contributed by atoms with Crippen LogP contribution in [0, 0.1) is 13.8 Å². The zero-order chi connectivity index (χ0) is 22.9. The zero-order valence-corrected chi connectivity index (χ0v) is 19.4. The summed E-state index contributed by atoms with van der Waals surface area (Å²) >= 11 is 6.36. The quantitative estimate of drug-likeness (QED) is 0.468. The number of benzene rings is 2. The highest BCUT2D eigenvalue weighted by atomic mass is 35.5. The van der Waals surface area contributed by atoms with E-state index in [1.54, 1.807) is 0 Å². The van der Waals surface area contributed by atoms with Crippen LogP contribution in [0.1, 0.15) is 35.4 Å². The fourth-order valence-corrected chi connectivity index (χ4v) is 4.54. The molecule has 4 aromatic rings. The van der Waals surface area contributed by atoms with Crippen LogP contribution in [0.3, 0.4) is 0 Å². The van der Waals surface area contributed by atoms with E-state index in [0.717, 1.165) is 45.5 Å². The molecule has 170 valence electrons. The van der Waals surface area contributed by atoms with Gasteiger partial charge in [0.2, 0.25) is 5.91 Å². The third kappa shape index (κ3) is 4.20. The van der Waals surface area contributed by atoms with Crippen molar-refractivity contribution in [3.63, 3.8) is 0 Å². The average molecular weight is 465 g/mol. The molecule has 2 aromatic carbocycles. The second-order valence-electron chi connectivity index (χ2n) is 8.25. The fourth-order valence-electron chi connectivity index (χ4n) is 4.25. The summed E-state index contributed by atoms with van der Waals surface area (Å²) in [6.07, 6.45) is 1.75. The number of nitrogens with zero attached hydrogens (tertiary/aromatic N) is 3. The lowest BCUT2D eigenvalue weighted by molar-refractivity contribution is -0.121. The van der Waals surface area contributed by atoms with Gasteiger partial charge in [0, 0.05) is 36.2 Å². The van der Waals surface area contributed by atoms with Gasteiger partial charge in [-0.3, -0.25) is 4.79 Å². The van der Waals surface area contributed by atoms with Crippen LogP contribution >= 0.6 is 11.6 Å². The largest absolute Gasteiger partial charge is 0.489 e. The highest BCUT2D eigenvalue weighted by Gasteiger charge is 2.17. The molecule has 0 aliphatic carbocycles. The Kier molecular flexibility index (Phi) is 5.81. The van der Waals surface area contributed by atoms with E-state index in [0.29, 0.717) is 49.1 Å². The molecule has 0 fully saturated rings. The summed E-state index contributed by atoms with van der Waals surface area (Å²) in [5.74, 6) is 1.16. The Hall–Kier alpha value is -3.32. The number of rotatable bonds is 5. The maximum atomic E-state index is 12.6. The number of nitrogens with one attached hydrogen (secondary N) is 1. The average Bonchev–Trinajstić information content (AvgIpc) is 2.99. The molecule has 1 aliphatic heterocycles. The van der Waals surface area contributed by atoms with E-state index < -0.39 is 0 Å². The summed E-state index contributed by atoms with van der Waals surface area (Å²) < 4.78 is 13.3. The van der Waals surface area contributed by atoms with Crippen molar-refractivity contribution >= 4 is 34.1 Å². The molecule has 33 heavy (non-hydrogen) atoms. The first-order valence-electron chi connectivity index (χ1n) is 11.1. The first-order chi connectivity index (χ1) is 16.0. The highest BCUT2D eigenvalue weighted by Crippen LogP contribution is 2.38. The van der Waals surface area contributed by atoms with Gasteiger partial charge in [0.1, 0.15) is 0 Å². The summed E-state index contributed by atoms with van der Waals surface area (Å²) in [7, 11) is 0. The van der Waals surface area contributed by atoms with E-state index in [-0.39, 0.29) is 5.91 Å². The highest BCUT2D eigenvalue weighted by molar-refractivity contribution is 6.32. The third-order valence-corrected chi connectivity index (χ3v) is 6.25. The Morgan fingerprint density at radius 3 is 2.88 bits per heavy atom. The summed E-state index contributed by atoms with van der Waals surface area (Å²) in [5, 5.41) is 9.19. The maximum absolute atomic E-state index is 12.6. The second kappa shape index (κ2) is 8.90. The molecule has 0 saturated carbocycles. The van der Waals surface area contributed by atoms with Gasteiger partial charge < -0.3 is 14.8 Å². The Morgan fingerprint density at radius 2 is 2.00 bits per heavy atom. The van der Waals surface area contributed by atoms with Crippen molar-refractivity contribution in [1.29, 1.82) is 0 Å². The summed E-state index contributed by atoms with van der Waals surface area (Å²) in [5.41, 5.74) is 5.61. The van der Waals surface area contributed by atoms with Gasteiger partial charge in [-0.2, -0.15) is 5.10 Å². The van der Waals surface area contributed by atoms with Crippen molar-refractivity contribution in [2.24, 2.45) is 0 Å². The molecule has 0 saturated heterocycles. The van der Waals surface area contributed by atoms with Crippen LogP contribution in [0.25, 0.3) is 16.6 Å². The molecule has 0 spiro atoms. The van der Waals surface area contributed by atoms with Crippen LogP contribution in [0.15, 0.2) is 36.4 Å². The predicted molar refractivity (Wildman–Crippen MR) is 127 cm³/mol. The van der Waals surface area contributed by atoms with Crippen LogP contribution in [0.2, 0.25) is 5.02 Å². The number of fused-ring (bicyclic) bond motifs is 4. The fraction of sp³-hybridized carbons (Fsp3) is 0.320. The van der Waals surface area contributed by atoms with E-state index >= 15 is 0 Å². The molecule has 2 aromatic heterocycles. The molecule has 3 heterocycles. The minimum absolute atomic E-state index is 0.0391. The van der Waals surface area contributed by atoms with Gasteiger partial charge in [-0.1, -0.05) is 23.7 Å². The maximum Gasteiger partial charge on any atom is 0.220 e. The topological polar surface area (TPSA) is 77.8 Å². The van der Waals surface area contributed by atoms with Crippen molar-refractivity contribution in [2.45, 2.75) is 39.7 Å². The predicted octanol–water partition coefficient (Wildman–Crippen LogP) is 4.56. The van der Waals surface area contributed by atoms with Crippen molar-refractivity contribution < 1.29 is 14.3 Å².